The molecule has 1 aliphatic heterocycles. The molecule has 1 aromatic heterocycles. The monoisotopic (exact) mass is 607 g/mol. The van der Waals surface area contributed by atoms with E-state index in [1.807, 2.05) is 6.92 Å². The highest BCUT2D eigenvalue weighted by Crippen LogP contribution is 2.45. The summed E-state index contributed by atoms with van der Waals surface area (Å²) in [4.78, 5) is 28.3. The van der Waals surface area contributed by atoms with Crippen molar-refractivity contribution in [1.82, 2.24) is 10.2 Å². The Balaban J connectivity index is 1.56. The Morgan fingerprint density at radius 2 is 1.71 bits per heavy atom. The van der Waals surface area contributed by atoms with Gasteiger partial charge in [0.05, 0.1) is 32.4 Å². The number of benzene rings is 3. The maximum Gasteiger partial charge on any atom is 0.301 e. The normalized spacial score (nSPS) is 16.1. The third kappa shape index (κ3) is 5.81. The minimum Gasteiger partial charge on any atom is -0.507 e. The number of halogens is 1. The van der Waals surface area contributed by atoms with Crippen molar-refractivity contribution in [2.45, 2.75) is 23.1 Å². The first-order chi connectivity index (χ1) is 20.3. The number of carbonyl (C=O) groups is 2. The number of hydrogen-bond donors (Lipinski definition) is 1. The molecule has 1 fully saturated rings. The lowest BCUT2D eigenvalue weighted by atomic mass is 9.95. The summed E-state index contributed by atoms with van der Waals surface area (Å²) in [6, 6.07) is 16.7. The van der Waals surface area contributed by atoms with Crippen molar-refractivity contribution >= 4 is 45.7 Å². The first-order valence-corrected chi connectivity index (χ1v) is 14.6. The minimum absolute atomic E-state index is 0.105. The number of amides is 1. The van der Waals surface area contributed by atoms with Crippen LogP contribution in [0.2, 0.25) is 0 Å². The molecule has 42 heavy (non-hydrogen) atoms. The van der Waals surface area contributed by atoms with E-state index in [1.54, 1.807) is 54.6 Å². The summed E-state index contributed by atoms with van der Waals surface area (Å²) < 4.78 is 30.2. The number of aromatic nitrogens is 2. The van der Waals surface area contributed by atoms with E-state index in [0.717, 1.165) is 16.9 Å². The molecule has 2 heterocycles. The van der Waals surface area contributed by atoms with Crippen LogP contribution >= 0.6 is 23.1 Å². The van der Waals surface area contributed by atoms with Gasteiger partial charge in [-0.05, 0) is 66.6 Å². The van der Waals surface area contributed by atoms with Crippen LogP contribution in [0.1, 0.15) is 29.7 Å². The number of anilines is 1. The van der Waals surface area contributed by atoms with Crippen LogP contribution in [0.4, 0.5) is 9.52 Å². The molecule has 1 unspecified atom stereocenters. The lowest BCUT2D eigenvalue weighted by Crippen LogP contribution is -2.29. The van der Waals surface area contributed by atoms with Gasteiger partial charge in [-0.3, -0.25) is 14.5 Å². The Hall–Kier alpha value is -4.42. The highest BCUT2D eigenvalue weighted by Gasteiger charge is 2.48. The average molecular weight is 608 g/mol. The van der Waals surface area contributed by atoms with Crippen molar-refractivity contribution in [2.24, 2.45) is 0 Å². The van der Waals surface area contributed by atoms with Crippen LogP contribution < -0.4 is 19.1 Å². The number of hydrogen-bond acceptors (Lipinski definition) is 10. The standard InChI is InChI=1S/C30H26FN3O6S2/c1-4-40-21-12-7-18(8-13-21)26(35)24-25(19-9-14-22(38-2)23(15-19)39-3)34(28(37)27(24)36)29-32-33-30(42-29)41-16-17-5-10-20(31)11-6-17/h5-15,25,35H,4,16H2,1-3H3/b26-24-. The molecule has 9 nitrogen and oxygen atoms in total. The number of ether oxygens (including phenoxy) is 3. The number of ketones is 1. The second-order valence-electron chi connectivity index (χ2n) is 9.01. The maximum atomic E-state index is 13.5. The first kappa shape index (κ1) is 29.1. The summed E-state index contributed by atoms with van der Waals surface area (Å²) in [6.45, 7) is 2.33. The fourth-order valence-electron chi connectivity index (χ4n) is 4.48. The lowest BCUT2D eigenvalue weighted by molar-refractivity contribution is -0.132. The summed E-state index contributed by atoms with van der Waals surface area (Å²) >= 11 is 2.50. The smallest absolute Gasteiger partial charge is 0.301 e. The van der Waals surface area contributed by atoms with Crippen LogP contribution in [-0.4, -0.2) is 47.8 Å². The van der Waals surface area contributed by atoms with E-state index in [2.05, 4.69) is 10.2 Å². The highest BCUT2D eigenvalue weighted by atomic mass is 32.2. The molecule has 216 valence electrons. The van der Waals surface area contributed by atoms with Gasteiger partial charge >= 0.3 is 5.91 Å². The van der Waals surface area contributed by atoms with E-state index in [4.69, 9.17) is 14.2 Å². The van der Waals surface area contributed by atoms with Gasteiger partial charge < -0.3 is 19.3 Å². The van der Waals surface area contributed by atoms with E-state index < -0.39 is 17.7 Å². The van der Waals surface area contributed by atoms with Crippen molar-refractivity contribution < 1.29 is 33.3 Å². The third-order valence-corrected chi connectivity index (χ3v) is 8.61. The first-order valence-electron chi connectivity index (χ1n) is 12.8. The van der Waals surface area contributed by atoms with Crippen LogP contribution in [0.25, 0.3) is 5.76 Å². The maximum absolute atomic E-state index is 13.5. The molecule has 0 saturated carbocycles. The molecule has 0 bridgehead atoms. The van der Waals surface area contributed by atoms with Gasteiger partial charge in [0.25, 0.3) is 5.78 Å². The Labute approximate surface area is 249 Å². The molecule has 1 N–H and O–H groups in total. The van der Waals surface area contributed by atoms with E-state index >= 15 is 0 Å². The van der Waals surface area contributed by atoms with Crippen LogP contribution in [0.3, 0.4) is 0 Å². The van der Waals surface area contributed by atoms with Gasteiger partial charge in [0, 0.05) is 11.3 Å². The molecule has 1 saturated heterocycles. The van der Waals surface area contributed by atoms with E-state index in [1.165, 1.54) is 43.0 Å². The van der Waals surface area contributed by atoms with Gasteiger partial charge in [-0.15, -0.1) is 10.2 Å². The van der Waals surface area contributed by atoms with Crippen LogP contribution in [0.5, 0.6) is 17.2 Å². The number of nitrogens with zero attached hydrogens (tertiary/aromatic N) is 3. The van der Waals surface area contributed by atoms with Crippen LogP contribution in [-0.2, 0) is 15.3 Å². The minimum atomic E-state index is -1.03. The average Bonchev–Trinajstić information content (AvgIpc) is 3.58. The van der Waals surface area contributed by atoms with Gasteiger partial charge in [-0.1, -0.05) is 41.3 Å². The second kappa shape index (κ2) is 12.6. The molecule has 0 aliphatic carbocycles. The fraction of sp³-hybridized carbons (Fsp3) is 0.200. The molecule has 0 spiro atoms. The molecular formula is C30H26FN3O6S2. The van der Waals surface area contributed by atoms with Crippen LogP contribution in [0, 0.1) is 5.82 Å². The van der Waals surface area contributed by atoms with E-state index in [9.17, 15) is 19.1 Å². The van der Waals surface area contributed by atoms with Gasteiger partial charge in [0.2, 0.25) is 5.13 Å². The predicted molar refractivity (Wildman–Crippen MR) is 158 cm³/mol. The number of methoxy groups -OCH3 is 2. The third-order valence-electron chi connectivity index (χ3n) is 6.48. The molecule has 0 radical (unpaired) electrons. The zero-order chi connectivity index (χ0) is 29.8. The molecule has 3 aromatic carbocycles. The summed E-state index contributed by atoms with van der Waals surface area (Å²) in [7, 11) is 2.98. The van der Waals surface area contributed by atoms with Crippen molar-refractivity contribution in [1.29, 1.82) is 0 Å². The topological polar surface area (TPSA) is 111 Å². The number of thioether (sulfide) groups is 1. The van der Waals surface area contributed by atoms with Gasteiger partial charge in [0.1, 0.15) is 17.3 Å². The molecule has 5 rings (SSSR count). The summed E-state index contributed by atoms with van der Waals surface area (Å²) in [5.41, 5.74) is 1.62. The molecule has 4 aromatic rings. The Morgan fingerprint density at radius 3 is 2.38 bits per heavy atom. The molecule has 1 atom stereocenters. The summed E-state index contributed by atoms with van der Waals surface area (Å²) in [6.07, 6.45) is 0. The lowest BCUT2D eigenvalue weighted by Gasteiger charge is -2.23. The predicted octanol–water partition coefficient (Wildman–Crippen LogP) is 6.01. The van der Waals surface area contributed by atoms with Crippen LogP contribution in [0.15, 0.2) is 76.6 Å². The SMILES string of the molecule is CCOc1ccc(/C(O)=C2/C(=O)C(=O)N(c3nnc(SCc4ccc(F)cc4)s3)C2c2ccc(OC)c(OC)c2)cc1. The van der Waals surface area contributed by atoms with Crippen molar-refractivity contribution in [3.8, 4) is 17.2 Å². The molecule has 1 aliphatic rings. The van der Waals surface area contributed by atoms with Gasteiger partial charge in [0.15, 0.2) is 15.8 Å². The zero-order valence-corrected chi connectivity index (χ0v) is 24.5. The Morgan fingerprint density at radius 1 is 1.00 bits per heavy atom. The molecule has 1 amide bonds. The van der Waals surface area contributed by atoms with E-state index in [0.29, 0.717) is 45.1 Å². The summed E-state index contributed by atoms with van der Waals surface area (Å²) in [5, 5.41) is 20.0. The number of carbonyl (C=O) groups excluding carboxylic acids is 2. The van der Waals surface area contributed by atoms with Gasteiger partial charge in [-0.25, -0.2) is 4.39 Å². The number of rotatable bonds is 10. The van der Waals surface area contributed by atoms with Crippen molar-refractivity contribution in [2.75, 3.05) is 25.7 Å². The Bertz CT molecular complexity index is 1640. The number of aliphatic hydroxyl groups is 1. The molecular weight excluding hydrogens is 581 g/mol. The number of Topliss-reactive ketones (excluding diaryl/α,β-unsaturated/α-hetero) is 1. The van der Waals surface area contributed by atoms with Crippen molar-refractivity contribution in [3.63, 3.8) is 0 Å². The quantitative estimate of drug-likeness (QED) is 0.0762. The van der Waals surface area contributed by atoms with Gasteiger partial charge in [-0.2, -0.15) is 0 Å². The second-order valence-corrected chi connectivity index (χ2v) is 11.2. The fourth-order valence-corrected chi connectivity index (χ4v) is 6.31. The van der Waals surface area contributed by atoms with Crippen molar-refractivity contribution in [3.05, 3.63) is 94.8 Å². The summed E-state index contributed by atoms with van der Waals surface area (Å²) in [5.74, 6) is -0.429. The largest absolute Gasteiger partial charge is 0.507 e. The Kier molecular flexibility index (Phi) is 8.74. The number of aliphatic hydroxyl groups excluding tert-OH is 1. The highest BCUT2D eigenvalue weighted by molar-refractivity contribution is 8.00. The molecule has 12 heteroatoms. The van der Waals surface area contributed by atoms with E-state index in [-0.39, 0.29) is 22.3 Å². The zero-order valence-electron chi connectivity index (χ0n) is 22.9.